The number of carbonyl (C=O) groups excluding carboxylic acids is 1. The Morgan fingerprint density at radius 2 is 1.65 bits per heavy atom. The Morgan fingerprint density at radius 3 is 2.26 bits per heavy atom. The summed E-state index contributed by atoms with van der Waals surface area (Å²) in [6, 6.07) is 9.00. The van der Waals surface area contributed by atoms with Crippen LogP contribution in [-0.4, -0.2) is 46.8 Å². The molecule has 0 spiro atoms. The van der Waals surface area contributed by atoms with E-state index in [9.17, 15) is 18.0 Å². The van der Waals surface area contributed by atoms with Crippen molar-refractivity contribution in [1.29, 1.82) is 0 Å². The number of anilines is 1. The van der Waals surface area contributed by atoms with Gasteiger partial charge in [-0.15, -0.1) is 0 Å². The molecule has 0 aliphatic carbocycles. The third-order valence-electron chi connectivity index (χ3n) is 4.88. The predicted octanol–water partition coefficient (Wildman–Crippen LogP) is 4.11. The Labute approximate surface area is 191 Å². The van der Waals surface area contributed by atoms with E-state index in [2.05, 4.69) is 20.3 Å². The lowest BCUT2D eigenvalue weighted by molar-refractivity contribution is -0.145. The molecule has 0 bridgehead atoms. The number of benzene rings is 2. The van der Waals surface area contributed by atoms with Gasteiger partial charge in [-0.05, 0) is 24.3 Å². The Hall–Kier alpha value is -4.35. The van der Waals surface area contributed by atoms with E-state index in [4.69, 9.17) is 14.2 Å². The lowest BCUT2D eigenvalue weighted by Crippen LogP contribution is -2.16. The standard InChI is InChI=1S/C22H18F3N5O4/c1-32-12-5-7-16-15(8-12)28-21(22(23,24)25)30(16)19-11-26-18(10-27-19)29-20(31)14-6-4-13(33-2)9-17(14)34-3/h4-11H,1-3H3,(H,26,29,31). The number of nitrogens with zero attached hydrogens (tertiary/aromatic N) is 4. The molecule has 2 aromatic carbocycles. The fraction of sp³-hybridized carbons (Fsp3) is 0.182. The number of hydrogen-bond donors (Lipinski definition) is 1. The van der Waals surface area contributed by atoms with Crippen LogP contribution in [0.2, 0.25) is 0 Å². The summed E-state index contributed by atoms with van der Waals surface area (Å²) in [5, 5.41) is 2.54. The zero-order valence-corrected chi connectivity index (χ0v) is 18.2. The maximum Gasteiger partial charge on any atom is 0.450 e. The number of carbonyl (C=O) groups is 1. The smallest absolute Gasteiger partial charge is 0.450 e. The number of imidazole rings is 1. The second kappa shape index (κ2) is 8.89. The van der Waals surface area contributed by atoms with Gasteiger partial charge in [0.15, 0.2) is 11.6 Å². The summed E-state index contributed by atoms with van der Waals surface area (Å²) in [5.74, 6) is -0.655. The number of amides is 1. The van der Waals surface area contributed by atoms with Crippen LogP contribution in [-0.2, 0) is 6.18 Å². The summed E-state index contributed by atoms with van der Waals surface area (Å²) in [6.07, 6.45) is -2.48. The van der Waals surface area contributed by atoms with Crippen LogP contribution in [0.5, 0.6) is 17.2 Å². The zero-order chi connectivity index (χ0) is 24.5. The van der Waals surface area contributed by atoms with E-state index in [0.29, 0.717) is 11.5 Å². The third-order valence-corrected chi connectivity index (χ3v) is 4.88. The van der Waals surface area contributed by atoms with E-state index < -0.39 is 17.9 Å². The van der Waals surface area contributed by atoms with Crippen molar-refractivity contribution in [2.75, 3.05) is 26.6 Å². The molecule has 0 aliphatic heterocycles. The summed E-state index contributed by atoms with van der Waals surface area (Å²) in [4.78, 5) is 24.5. The molecule has 0 saturated carbocycles. The van der Waals surface area contributed by atoms with Gasteiger partial charge in [-0.2, -0.15) is 13.2 Å². The average Bonchev–Trinajstić information content (AvgIpc) is 3.23. The Bertz CT molecular complexity index is 1350. The molecule has 1 N–H and O–H groups in total. The van der Waals surface area contributed by atoms with Gasteiger partial charge >= 0.3 is 6.18 Å². The molecule has 2 aromatic heterocycles. The van der Waals surface area contributed by atoms with Gasteiger partial charge in [-0.1, -0.05) is 0 Å². The van der Waals surface area contributed by atoms with E-state index >= 15 is 0 Å². The van der Waals surface area contributed by atoms with E-state index in [0.717, 1.165) is 17.0 Å². The fourth-order valence-corrected chi connectivity index (χ4v) is 3.28. The van der Waals surface area contributed by atoms with Crippen LogP contribution in [0.1, 0.15) is 16.2 Å². The van der Waals surface area contributed by atoms with E-state index in [1.165, 1.54) is 45.6 Å². The first-order chi connectivity index (χ1) is 16.2. The summed E-state index contributed by atoms with van der Waals surface area (Å²) < 4.78 is 57.3. The maximum absolute atomic E-state index is 13.7. The molecule has 2 heterocycles. The van der Waals surface area contributed by atoms with Crippen LogP contribution in [0.25, 0.3) is 16.9 Å². The minimum Gasteiger partial charge on any atom is -0.497 e. The highest BCUT2D eigenvalue weighted by Gasteiger charge is 2.38. The second-order valence-electron chi connectivity index (χ2n) is 6.90. The number of alkyl halides is 3. The number of methoxy groups -OCH3 is 3. The Balaban J connectivity index is 1.66. The van der Waals surface area contributed by atoms with Crippen molar-refractivity contribution in [2.45, 2.75) is 6.18 Å². The SMILES string of the molecule is COc1ccc(C(=O)Nc2cnc(-n3c(C(F)(F)F)nc4cc(OC)ccc43)cn2)c(OC)c1. The molecular formula is C22H18F3N5O4. The fourth-order valence-electron chi connectivity index (χ4n) is 3.28. The van der Waals surface area contributed by atoms with Gasteiger partial charge in [0, 0.05) is 12.1 Å². The van der Waals surface area contributed by atoms with E-state index in [1.807, 2.05) is 0 Å². The number of fused-ring (bicyclic) bond motifs is 1. The molecule has 4 aromatic rings. The molecule has 0 fully saturated rings. The number of ether oxygens (including phenoxy) is 3. The van der Waals surface area contributed by atoms with Crippen LogP contribution >= 0.6 is 0 Å². The number of hydrogen-bond acceptors (Lipinski definition) is 7. The van der Waals surface area contributed by atoms with Crippen LogP contribution in [0, 0.1) is 0 Å². The van der Waals surface area contributed by atoms with Gasteiger partial charge in [0.05, 0.1) is 50.3 Å². The van der Waals surface area contributed by atoms with Crippen molar-refractivity contribution in [3.63, 3.8) is 0 Å². The van der Waals surface area contributed by atoms with Gasteiger partial charge in [0.25, 0.3) is 5.91 Å². The van der Waals surface area contributed by atoms with E-state index in [-0.39, 0.29) is 34.0 Å². The van der Waals surface area contributed by atoms with Crippen LogP contribution in [0.15, 0.2) is 48.8 Å². The molecule has 34 heavy (non-hydrogen) atoms. The van der Waals surface area contributed by atoms with Gasteiger partial charge in [-0.25, -0.2) is 15.0 Å². The van der Waals surface area contributed by atoms with Crippen molar-refractivity contribution >= 4 is 22.8 Å². The molecule has 0 atom stereocenters. The van der Waals surface area contributed by atoms with Gasteiger partial charge < -0.3 is 19.5 Å². The normalized spacial score (nSPS) is 11.4. The van der Waals surface area contributed by atoms with E-state index in [1.54, 1.807) is 12.1 Å². The predicted molar refractivity (Wildman–Crippen MR) is 116 cm³/mol. The quantitative estimate of drug-likeness (QED) is 0.450. The molecule has 0 saturated heterocycles. The van der Waals surface area contributed by atoms with Crippen molar-refractivity contribution in [3.05, 3.63) is 60.2 Å². The second-order valence-corrected chi connectivity index (χ2v) is 6.90. The first kappa shape index (κ1) is 22.8. The van der Waals surface area contributed by atoms with Crippen molar-refractivity contribution in [2.24, 2.45) is 0 Å². The summed E-state index contributed by atoms with van der Waals surface area (Å²) in [7, 11) is 4.29. The molecule has 0 unspecified atom stereocenters. The molecule has 0 radical (unpaired) electrons. The topological polar surface area (TPSA) is 100 Å². The van der Waals surface area contributed by atoms with Gasteiger partial charge in [0.1, 0.15) is 17.2 Å². The molecule has 1 amide bonds. The maximum atomic E-state index is 13.7. The number of rotatable bonds is 6. The van der Waals surface area contributed by atoms with Crippen molar-refractivity contribution < 1.29 is 32.2 Å². The van der Waals surface area contributed by atoms with Crippen LogP contribution in [0.3, 0.4) is 0 Å². The monoisotopic (exact) mass is 473 g/mol. The van der Waals surface area contributed by atoms with Crippen LogP contribution < -0.4 is 19.5 Å². The number of aromatic nitrogens is 4. The highest BCUT2D eigenvalue weighted by Crippen LogP contribution is 2.34. The molecule has 0 aliphatic rings. The summed E-state index contributed by atoms with van der Waals surface area (Å²) in [5.41, 5.74) is 0.461. The molecular weight excluding hydrogens is 455 g/mol. The number of halogens is 3. The van der Waals surface area contributed by atoms with Crippen molar-refractivity contribution in [3.8, 4) is 23.1 Å². The number of nitrogens with one attached hydrogen (secondary N) is 1. The Kier molecular flexibility index (Phi) is 5.97. The third kappa shape index (κ3) is 4.29. The van der Waals surface area contributed by atoms with Crippen molar-refractivity contribution in [1.82, 2.24) is 19.5 Å². The van der Waals surface area contributed by atoms with Crippen LogP contribution in [0.4, 0.5) is 19.0 Å². The Morgan fingerprint density at radius 1 is 0.941 bits per heavy atom. The lowest BCUT2D eigenvalue weighted by atomic mass is 10.1. The lowest BCUT2D eigenvalue weighted by Gasteiger charge is -2.12. The highest BCUT2D eigenvalue weighted by molar-refractivity contribution is 6.05. The molecule has 176 valence electrons. The largest absolute Gasteiger partial charge is 0.497 e. The minimum absolute atomic E-state index is 0.0336. The highest BCUT2D eigenvalue weighted by atomic mass is 19.4. The first-order valence-corrected chi connectivity index (χ1v) is 9.74. The minimum atomic E-state index is -4.74. The summed E-state index contributed by atoms with van der Waals surface area (Å²) in [6.45, 7) is 0. The molecule has 12 heteroatoms. The van der Waals surface area contributed by atoms with Gasteiger partial charge in [-0.3, -0.25) is 9.36 Å². The molecule has 4 rings (SSSR count). The zero-order valence-electron chi connectivity index (χ0n) is 18.2. The molecule has 9 nitrogen and oxygen atoms in total. The average molecular weight is 473 g/mol. The first-order valence-electron chi connectivity index (χ1n) is 9.74. The van der Waals surface area contributed by atoms with Gasteiger partial charge in [0.2, 0.25) is 5.82 Å². The summed E-state index contributed by atoms with van der Waals surface area (Å²) >= 11 is 0.